The minimum absolute atomic E-state index is 0.0350. The van der Waals surface area contributed by atoms with Crippen LogP contribution in [0.2, 0.25) is 0 Å². The van der Waals surface area contributed by atoms with E-state index >= 15 is 0 Å². The zero-order valence-electron chi connectivity index (χ0n) is 20.3. The lowest BCUT2D eigenvalue weighted by atomic mass is 9.98. The quantitative estimate of drug-likeness (QED) is 0.176. The smallest absolute Gasteiger partial charge is 0.420 e. The van der Waals surface area contributed by atoms with Gasteiger partial charge < -0.3 is 14.5 Å². The third-order valence-electron chi connectivity index (χ3n) is 5.63. The minimum atomic E-state index is -5.18. The number of rotatable bonds is 9. The second kappa shape index (κ2) is 10.9. The Morgan fingerprint density at radius 2 is 1.59 bits per heavy atom. The van der Waals surface area contributed by atoms with Gasteiger partial charge in [0.2, 0.25) is 0 Å². The van der Waals surface area contributed by atoms with E-state index < -0.39 is 60.2 Å². The molecule has 3 rings (SSSR count). The number of ketones is 1. The van der Waals surface area contributed by atoms with Crippen molar-refractivity contribution in [1.82, 2.24) is 4.98 Å². The number of benzene rings is 2. The van der Waals surface area contributed by atoms with Gasteiger partial charge in [-0.25, -0.2) is 0 Å². The van der Waals surface area contributed by atoms with Crippen LogP contribution in [0.3, 0.4) is 0 Å². The summed E-state index contributed by atoms with van der Waals surface area (Å²) in [6.07, 6.45) is -10.1. The molecule has 0 radical (unpaired) electrons. The number of Topliss-reactive ketones (excluding diaryl/α,β-unsaturated/α-hetero) is 1. The fourth-order valence-electron chi connectivity index (χ4n) is 3.89. The number of alkyl halides is 6. The number of nitrogens with one attached hydrogen (secondary N) is 1. The molecule has 37 heavy (non-hydrogen) atoms. The first-order valence-corrected chi connectivity index (χ1v) is 11.5. The van der Waals surface area contributed by atoms with Gasteiger partial charge in [-0.05, 0) is 60.7 Å². The number of ether oxygens (including phenoxy) is 2. The van der Waals surface area contributed by atoms with Crippen LogP contribution in [0.4, 0.5) is 26.3 Å². The van der Waals surface area contributed by atoms with Crippen molar-refractivity contribution < 1.29 is 45.4 Å². The van der Waals surface area contributed by atoms with Gasteiger partial charge in [0.1, 0.15) is 18.0 Å². The van der Waals surface area contributed by atoms with Gasteiger partial charge in [-0.3, -0.25) is 9.59 Å². The molecule has 1 aromatic heterocycles. The highest BCUT2D eigenvalue weighted by atomic mass is 19.4. The van der Waals surface area contributed by atoms with E-state index in [4.69, 9.17) is 4.74 Å². The summed E-state index contributed by atoms with van der Waals surface area (Å²) >= 11 is 0. The Labute approximate surface area is 208 Å². The molecule has 200 valence electrons. The van der Waals surface area contributed by atoms with Gasteiger partial charge in [-0.15, -0.1) is 0 Å². The molecule has 3 aromatic rings. The Hall–Kier alpha value is -3.50. The third-order valence-corrected chi connectivity index (χ3v) is 5.63. The lowest BCUT2D eigenvalue weighted by Crippen LogP contribution is -2.16. The maximum Gasteiger partial charge on any atom is 0.420 e. The molecule has 1 N–H and O–H groups in total. The van der Waals surface area contributed by atoms with E-state index in [1.807, 2.05) is 13.8 Å². The molecule has 0 saturated carbocycles. The molecular weight excluding hydrogens is 504 g/mol. The number of esters is 1. The summed E-state index contributed by atoms with van der Waals surface area (Å²) in [6, 6.07) is 5.27. The van der Waals surface area contributed by atoms with Crippen molar-refractivity contribution in [2.75, 3.05) is 6.61 Å². The molecule has 2 aromatic carbocycles. The Morgan fingerprint density at radius 3 is 2.14 bits per heavy atom. The maximum absolute atomic E-state index is 13.9. The van der Waals surface area contributed by atoms with Crippen LogP contribution in [0.15, 0.2) is 36.5 Å². The highest BCUT2D eigenvalue weighted by Crippen LogP contribution is 2.47. The van der Waals surface area contributed by atoms with Crippen molar-refractivity contribution in [1.29, 1.82) is 0 Å². The van der Waals surface area contributed by atoms with Crippen LogP contribution in [0.1, 0.15) is 61.8 Å². The van der Waals surface area contributed by atoms with Crippen LogP contribution in [-0.2, 0) is 33.1 Å². The molecule has 0 fully saturated rings. The van der Waals surface area contributed by atoms with Gasteiger partial charge in [0.25, 0.3) is 0 Å². The molecular formula is C26H25F6NO4. The van der Waals surface area contributed by atoms with Crippen LogP contribution in [0.5, 0.6) is 11.5 Å². The molecule has 0 aliphatic heterocycles. The van der Waals surface area contributed by atoms with Crippen molar-refractivity contribution in [3.8, 4) is 11.5 Å². The largest absolute Gasteiger partial charge is 0.466 e. The maximum atomic E-state index is 13.9. The van der Waals surface area contributed by atoms with Crippen LogP contribution in [-0.4, -0.2) is 23.3 Å². The summed E-state index contributed by atoms with van der Waals surface area (Å²) in [7, 11) is 0. The van der Waals surface area contributed by atoms with Crippen molar-refractivity contribution in [2.45, 2.75) is 58.3 Å². The zero-order valence-corrected chi connectivity index (χ0v) is 20.3. The molecule has 0 saturated heterocycles. The summed E-state index contributed by atoms with van der Waals surface area (Å²) in [6.45, 7) is 5.36. The van der Waals surface area contributed by atoms with Crippen LogP contribution in [0.25, 0.3) is 10.9 Å². The topological polar surface area (TPSA) is 68.4 Å². The predicted molar refractivity (Wildman–Crippen MR) is 123 cm³/mol. The third kappa shape index (κ3) is 6.84. The number of H-pyrrole nitrogens is 1. The number of hydrogen-bond acceptors (Lipinski definition) is 4. The second-order valence-corrected chi connectivity index (χ2v) is 8.74. The zero-order chi connectivity index (χ0) is 27.5. The number of aryl methyl sites for hydroxylation is 1. The Bertz CT molecular complexity index is 1260. The second-order valence-electron chi connectivity index (χ2n) is 8.74. The molecule has 0 amide bonds. The van der Waals surface area contributed by atoms with E-state index in [-0.39, 0.29) is 23.8 Å². The van der Waals surface area contributed by atoms with E-state index in [9.17, 15) is 35.9 Å². The number of aromatic nitrogens is 1. The SMILES string of the molecule is CCOC(=O)CC(=O)CCc1cc(C(F)(F)F)c(Oc2ccc3[nH]cc(C(C)C)c3c2)c(C(F)(F)F)c1. The Balaban J connectivity index is 2.02. The lowest BCUT2D eigenvalue weighted by Gasteiger charge is -2.21. The summed E-state index contributed by atoms with van der Waals surface area (Å²) in [4.78, 5) is 26.4. The first-order chi connectivity index (χ1) is 17.2. The minimum Gasteiger partial charge on any atom is -0.466 e. The van der Waals surface area contributed by atoms with Gasteiger partial charge in [0.05, 0.1) is 17.7 Å². The van der Waals surface area contributed by atoms with Gasteiger partial charge in [0, 0.05) is 23.5 Å². The van der Waals surface area contributed by atoms with Crippen LogP contribution in [0, 0.1) is 0 Å². The van der Waals surface area contributed by atoms with Crippen molar-refractivity contribution >= 4 is 22.7 Å². The van der Waals surface area contributed by atoms with Gasteiger partial charge in [-0.2, -0.15) is 26.3 Å². The van der Waals surface area contributed by atoms with Gasteiger partial charge in [-0.1, -0.05) is 13.8 Å². The molecule has 5 nitrogen and oxygen atoms in total. The van der Waals surface area contributed by atoms with Crippen molar-refractivity contribution in [3.63, 3.8) is 0 Å². The number of aromatic amines is 1. The summed E-state index contributed by atoms with van der Waals surface area (Å²) in [5.41, 5.74) is -2.12. The first-order valence-electron chi connectivity index (χ1n) is 11.5. The van der Waals surface area contributed by atoms with E-state index in [1.54, 1.807) is 6.20 Å². The van der Waals surface area contributed by atoms with E-state index in [2.05, 4.69) is 9.72 Å². The Kier molecular flexibility index (Phi) is 8.24. The molecule has 0 unspecified atom stereocenters. The predicted octanol–water partition coefficient (Wildman–Crippen LogP) is 7.58. The van der Waals surface area contributed by atoms with Crippen molar-refractivity contribution in [3.05, 3.63) is 58.8 Å². The monoisotopic (exact) mass is 529 g/mol. The van der Waals surface area contributed by atoms with E-state index in [0.29, 0.717) is 23.0 Å². The van der Waals surface area contributed by atoms with E-state index in [0.717, 1.165) is 5.56 Å². The average molecular weight is 529 g/mol. The summed E-state index contributed by atoms with van der Waals surface area (Å²) < 4.78 is 93.6. The normalized spacial score (nSPS) is 12.3. The summed E-state index contributed by atoms with van der Waals surface area (Å²) in [5.74, 6) is -3.00. The van der Waals surface area contributed by atoms with Crippen LogP contribution < -0.4 is 4.74 Å². The average Bonchev–Trinajstić information content (AvgIpc) is 3.20. The van der Waals surface area contributed by atoms with E-state index in [1.165, 1.54) is 25.1 Å². The molecule has 0 atom stereocenters. The fourth-order valence-corrected chi connectivity index (χ4v) is 3.89. The lowest BCUT2D eigenvalue weighted by molar-refractivity contribution is -0.146. The first kappa shape index (κ1) is 28.1. The summed E-state index contributed by atoms with van der Waals surface area (Å²) in [5, 5.41) is 0.617. The molecule has 0 spiro atoms. The van der Waals surface area contributed by atoms with Gasteiger partial charge >= 0.3 is 18.3 Å². The Morgan fingerprint density at radius 1 is 0.973 bits per heavy atom. The molecule has 1 heterocycles. The molecule has 0 bridgehead atoms. The number of carbonyl (C=O) groups is 2. The molecule has 11 heteroatoms. The number of halogens is 6. The molecule has 0 aliphatic rings. The number of carbonyl (C=O) groups excluding carboxylic acids is 2. The standard InChI is InChI=1S/C26H25F6NO4/c1-4-36-23(35)11-16(34)6-5-15-9-20(25(27,28)29)24(21(10-15)26(30,31)32)37-17-7-8-22-18(12-17)19(13-33-22)14(2)3/h7-10,12-14,33H,4-6,11H2,1-3H3. The number of fused-ring (bicyclic) bond motifs is 1. The van der Waals surface area contributed by atoms with Gasteiger partial charge in [0.15, 0.2) is 5.75 Å². The molecule has 0 aliphatic carbocycles. The highest BCUT2D eigenvalue weighted by Gasteiger charge is 2.43. The fraction of sp³-hybridized carbons (Fsp3) is 0.385. The highest BCUT2D eigenvalue weighted by molar-refractivity contribution is 5.95. The van der Waals surface area contributed by atoms with Crippen LogP contribution >= 0.6 is 0 Å². The van der Waals surface area contributed by atoms with Crippen molar-refractivity contribution in [2.24, 2.45) is 0 Å². The number of hydrogen-bond donors (Lipinski definition) is 1.